The Bertz CT molecular complexity index is 1090. The Hall–Kier alpha value is -3.08. The van der Waals surface area contributed by atoms with E-state index in [0.29, 0.717) is 6.42 Å². The van der Waals surface area contributed by atoms with Gasteiger partial charge >= 0.3 is 11.9 Å². The van der Waals surface area contributed by atoms with Crippen LogP contribution in [0.3, 0.4) is 0 Å². The Morgan fingerprint density at radius 3 is 2.78 bits per heavy atom. The predicted octanol–water partition coefficient (Wildman–Crippen LogP) is 3.53. The number of esters is 1. The van der Waals surface area contributed by atoms with Gasteiger partial charge in [0.05, 0.1) is 0 Å². The van der Waals surface area contributed by atoms with Crippen molar-refractivity contribution in [3.05, 3.63) is 64.9 Å². The molecule has 2 aromatic rings. The molecule has 0 bridgehead atoms. The number of carbonyl (C=O) groups excluding carboxylic acids is 1. The molecule has 0 amide bonds. The lowest BCUT2D eigenvalue weighted by molar-refractivity contribution is -0.148. The molecule has 5 heteroatoms. The highest BCUT2D eigenvalue weighted by Gasteiger charge is 2.48. The van der Waals surface area contributed by atoms with E-state index in [2.05, 4.69) is 43.0 Å². The molecule has 3 aliphatic rings. The average Bonchev–Trinajstić information content (AvgIpc) is 2.88. The highest BCUT2D eigenvalue weighted by atomic mass is 16.5. The van der Waals surface area contributed by atoms with Crippen molar-refractivity contribution in [3.63, 3.8) is 0 Å². The van der Waals surface area contributed by atoms with Gasteiger partial charge in [-0.05, 0) is 28.5 Å². The normalized spacial score (nSPS) is 22.7. The molecular formula is C22H19NO4. The minimum Gasteiger partial charge on any atom is -0.477 e. The minimum absolute atomic E-state index is 0.299. The number of carboxylic acids is 1. The van der Waals surface area contributed by atoms with Gasteiger partial charge in [-0.2, -0.15) is 0 Å². The molecule has 2 aromatic carbocycles. The number of fused-ring (bicyclic) bond motifs is 6. The lowest BCUT2D eigenvalue weighted by atomic mass is 9.77. The van der Waals surface area contributed by atoms with Crippen LogP contribution in [0.4, 0.5) is 5.69 Å². The van der Waals surface area contributed by atoms with E-state index in [1.165, 1.54) is 22.4 Å². The van der Waals surface area contributed by atoms with E-state index >= 15 is 0 Å². The second-order valence-corrected chi connectivity index (χ2v) is 7.81. The Kier molecular flexibility index (Phi) is 3.12. The lowest BCUT2D eigenvalue weighted by Gasteiger charge is -2.38. The maximum Gasteiger partial charge on any atom is 0.346 e. The van der Waals surface area contributed by atoms with Gasteiger partial charge in [0.2, 0.25) is 0 Å². The fourth-order valence-electron chi connectivity index (χ4n) is 4.86. The van der Waals surface area contributed by atoms with E-state index in [4.69, 9.17) is 4.74 Å². The van der Waals surface area contributed by atoms with Gasteiger partial charge in [-0.1, -0.05) is 44.2 Å². The summed E-state index contributed by atoms with van der Waals surface area (Å²) in [5.41, 5.74) is 3.62. The highest BCUT2D eigenvalue weighted by Crippen LogP contribution is 2.54. The summed E-state index contributed by atoms with van der Waals surface area (Å²) in [4.78, 5) is 25.8. The number of anilines is 1. The Morgan fingerprint density at radius 1 is 1.22 bits per heavy atom. The molecule has 0 aromatic heterocycles. The Balaban J connectivity index is 1.82. The molecule has 0 aliphatic carbocycles. The third-order valence-corrected chi connectivity index (χ3v) is 5.92. The van der Waals surface area contributed by atoms with Crippen molar-refractivity contribution in [3.8, 4) is 0 Å². The van der Waals surface area contributed by atoms with Crippen molar-refractivity contribution in [2.24, 2.45) is 0 Å². The fraction of sp³-hybridized carbons (Fsp3) is 0.273. The second kappa shape index (κ2) is 5.22. The number of ether oxygens (including phenoxy) is 1. The molecule has 3 aliphatic heterocycles. The number of aliphatic carboxylic acids is 1. The van der Waals surface area contributed by atoms with Crippen LogP contribution in [0, 0.1) is 0 Å². The van der Waals surface area contributed by atoms with Crippen LogP contribution in [0.5, 0.6) is 0 Å². The first kappa shape index (κ1) is 16.1. The van der Waals surface area contributed by atoms with E-state index in [-0.39, 0.29) is 17.1 Å². The summed E-state index contributed by atoms with van der Waals surface area (Å²) in [6, 6.07) is 12.6. The Morgan fingerprint density at radius 2 is 2.00 bits per heavy atom. The summed E-state index contributed by atoms with van der Waals surface area (Å²) >= 11 is 0. The van der Waals surface area contributed by atoms with Gasteiger partial charge in [-0.15, -0.1) is 0 Å². The van der Waals surface area contributed by atoms with E-state index in [1.54, 1.807) is 0 Å². The summed E-state index contributed by atoms with van der Waals surface area (Å²) in [5.74, 6) is -1.99. The van der Waals surface area contributed by atoms with Gasteiger partial charge < -0.3 is 14.7 Å². The maximum absolute atomic E-state index is 12.0. The quantitative estimate of drug-likeness (QED) is 0.622. The average molecular weight is 361 g/mol. The van der Waals surface area contributed by atoms with Crippen LogP contribution in [-0.2, 0) is 19.7 Å². The smallest absolute Gasteiger partial charge is 0.346 e. The summed E-state index contributed by atoms with van der Waals surface area (Å²) in [6.45, 7) is 5.06. The number of carboxylic acid groups (broad SMARTS) is 1. The van der Waals surface area contributed by atoms with Crippen LogP contribution in [0.1, 0.15) is 25.8 Å². The van der Waals surface area contributed by atoms with Gasteiger partial charge in [0, 0.05) is 35.3 Å². The third kappa shape index (κ3) is 2.05. The van der Waals surface area contributed by atoms with Crippen LogP contribution in [-0.4, -0.2) is 29.7 Å². The summed E-state index contributed by atoms with van der Waals surface area (Å²) < 4.78 is 5.48. The molecule has 0 saturated heterocycles. The largest absolute Gasteiger partial charge is 0.477 e. The molecule has 0 radical (unpaired) electrons. The SMILES string of the molecule is CC1(C)C2=C3C=C(C(=O)O)C(=O)OC3CCN2c2ccc3ccccc3c21. The zero-order chi connectivity index (χ0) is 18.9. The zero-order valence-electron chi connectivity index (χ0n) is 15.2. The van der Waals surface area contributed by atoms with Crippen LogP contribution in [0.2, 0.25) is 0 Å². The van der Waals surface area contributed by atoms with Gasteiger partial charge in [-0.3, -0.25) is 0 Å². The summed E-state index contributed by atoms with van der Waals surface area (Å²) in [5, 5.41) is 11.8. The van der Waals surface area contributed by atoms with Gasteiger partial charge in [0.15, 0.2) is 0 Å². The Labute approximate surface area is 156 Å². The number of carbonyl (C=O) groups is 2. The van der Waals surface area contributed by atoms with E-state index in [9.17, 15) is 14.7 Å². The fourth-order valence-corrected chi connectivity index (χ4v) is 4.86. The van der Waals surface area contributed by atoms with E-state index in [0.717, 1.165) is 23.5 Å². The second-order valence-electron chi connectivity index (χ2n) is 7.81. The van der Waals surface area contributed by atoms with Crippen LogP contribution >= 0.6 is 0 Å². The zero-order valence-corrected chi connectivity index (χ0v) is 15.2. The third-order valence-electron chi connectivity index (χ3n) is 5.92. The van der Waals surface area contributed by atoms with Gasteiger partial charge in [0.25, 0.3) is 0 Å². The molecule has 3 heterocycles. The topological polar surface area (TPSA) is 66.8 Å². The van der Waals surface area contributed by atoms with Gasteiger partial charge in [-0.25, -0.2) is 9.59 Å². The highest BCUT2D eigenvalue weighted by molar-refractivity contribution is 6.14. The standard InChI is InChI=1S/C22H19NO4/c1-22(2)18-13-6-4-3-5-12(13)7-8-16(18)23-10-9-17-14(19(22)23)11-15(20(24)25)21(26)27-17/h3-8,11,17H,9-10H2,1-2H3,(H,24,25). The molecule has 1 atom stereocenters. The summed E-state index contributed by atoms with van der Waals surface area (Å²) in [7, 11) is 0. The van der Waals surface area contributed by atoms with Crippen molar-refractivity contribution < 1.29 is 19.4 Å². The molecule has 0 fully saturated rings. The molecule has 5 rings (SSSR count). The first-order chi connectivity index (χ1) is 12.9. The number of hydrogen-bond donors (Lipinski definition) is 1. The monoisotopic (exact) mass is 361 g/mol. The van der Waals surface area contributed by atoms with Crippen molar-refractivity contribution in [2.75, 3.05) is 11.4 Å². The van der Waals surface area contributed by atoms with Crippen molar-refractivity contribution in [1.82, 2.24) is 0 Å². The van der Waals surface area contributed by atoms with Crippen molar-refractivity contribution in [1.29, 1.82) is 0 Å². The van der Waals surface area contributed by atoms with Crippen molar-refractivity contribution in [2.45, 2.75) is 31.8 Å². The molecule has 1 unspecified atom stereocenters. The molecular weight excluding hydrogens is 342 g/mol. The van der Waals surface area contributed by atoms with Crippen LogP contribution in [0.15, 0.2) is 59.3 Å². The molecule has 0 saturated carbocycles. The number of rotatable bonds is 1. The number of benzene rings is 2. The molecule has 136 valence electrons. The molecule has 1 N–H and O–H groups in total. The first-order valence-electron chi connectivity index (χ1n) is 9.10. The van der Waals surface area contributed by atoms with E-state index < -0.39 is 11.9 Å². The van der Waals surface area contributed by atoms with Crippen LogP contribution < -0.4 is 4.90 Å². The lowest BCUT2D eigenvalue weighted by Crippen LogP contribution is -2.41. The number of hydrogen-bond acceptors (Lipinski definition) is 4. The predicted molar refractivity (Wildman–Crippen MR) is 102 cm³/mol. The van der Waals surface area contributed by atoms with Crippen LogP contribution in [0.25, 0.3) is 10.8 Å². The number of allylic oxidation sites excluding steroid dienone is 1. The van der Waals surface area contributed by atoms with Crippen molar-refractivity contribution >= 4 is 28.4 Å². The molecule has 0 spiro atoms. The molecule has 5 nitrogen and oxygen atoms in total. The maximum atomic E-state index is 12.0. The van der Waals surface area contributed by atoms with Gasteiger partial charge in [0.1, 0.15) is 11.7 Å². The summed E-state index contributed by atoms with van der Waals surface area (Å²) in [6.07, 6.45) is 1.79. The van der Waals surface area contributed by atoms with E-state index in [1.807, 2.05) is 12.1 Å². The number of nitrogens with zero attached hydrogens (tertiary/aromatic N) is 1. The first-order valence-corrected chi connectivity index (χ1v) is 9.10. The minimum atomic E-state index is -1.25. The molecule has 27 heavy (non-hydrogen) atoms.